The molecule has 1 aliphatic rings. The number of rotatable bonds is 15. The van der Waals surface area contributed by atoms with Gasteiger partial charge in [0.2, 0.25) is 0 Å². The van der Waals surface area contributed by atoms with E-state index in [2.05, 4.69) is 28.7 Å². The van der Waals surface area contributed by atoms with Crippen LogP contribution < -0.4 is 0 Å². The number of Topliss-reactive ketones (excluding diaryl/α,β-unsaturated/α-hetero) is 2. The van der Waals surface area contributed by atoms with Gasteiger partial charge in [0.1, 0.15) is 0 Å². The number of carbonyl (C=O) groups excluding carboxylic acids is 8. The zero-order valence-corrected chi connectivity index (χ0v) is 35.3. The van der Waals surface area contributed by atoms with E-state index in [9.17, 15) is 29.1 Å². The molecule has 0 spiro atoms. The van der Waals surface area contributed by atoms with Crippen LogP contribution in [0.25, 0.3) is 0 Å². The lowest BCUT2D eigenvalue weighted by molar-refractivity contribution is -0.193. The Morgan fingerprint density at radius 2 is 0.646 bits per heavy atom. The van der Waals surface area contributed by atoms with Gasteiger partial charge in [-0.1, -0.05) is 212 Å². The molecule has 504 valence electrons. The maximum atomic E-state index is 12.5. The van der Waals surface area contributed by atoms with E-state index in [1.165, 1.54) is 4.90 Å². The van der Waals surface area contributed by atoms with Gasteiger partial charge in [-0.3, -0.25) is 48.5 Å². The van der Waals surface area contributed by atoms with Gasteiger partial charge >= 0.3 is 36.4 Å². The van der Waals surface area contributed by atoms with Crippen molar-refractivity contribution in [2.45, 2.75) is 212 Å². The third-order valence-corrected chi connectivity index (χ3v) is 7.87. The first-order valence-electron chi connectivity index (χ1n) is 17.9. The Bertz CT molecular complexity index is 1250. The number of carboxylic acid groups (broad SMARTS) is 3. The second-order valence-electron chi connectivity index (χ2n) is 15.2. The number of aliphatic carboxylic acids is 3. The molecular formula is C58H153N7O14. The van der Waals surface area contributed by atoms with E-state index in [4.69, 9.17) is 39.0 Å². The minimum Gasteiger partial charge on any atom is -0.480 e. The topological polar surface area (TPSA) is 271 Å². The summed E-state index contributed by atoms with van der Waals surface area (Å²) in [6, 6.07) is 0. The Hall–Kier alpha value is -4.39. The van der Waals surface area contributed by atoms with Crippen molar-refractivity contribution in [2.24, 2.45) is 10.8 Å². The lowest BCUT2D eigenvalue weighted by Gasteiger charge is -2.33. The quantitative estimate of drug-likeness (QED) is 0.129. The first-order valence-corrected chi connectivity index (χ1v) is 17.9. The third-order valence-electron chi connectivity index (χ3n) is 7.87. The van der Waals surface area contributed by atoms with Gasteiger partial charge in [0.15, 0.2) is 11.6 Å². The molecule has 0 aromatic heterocycles. The Kier molecular flexibility index (Phi) is 214. The molecule has 0 atom stereocenters. The number of likely N-dealkylation sites (N-methyl/N-ethyl adjacent to an activating group) is 2. The summed E-state index contributed by atoms with van der Waals surface area (Å²) in [7, 11) is 5.78. The van der Waals surface area contributed by atoms with Gasteiger partial charge in [-0.25, -0.2) is 0 Å². The largest absolute Gasteiger partial charge is 0.480 e. The van der Waals surface area contributed by atoms with E-state index in [0.717, 1.165) is 52.4 Å². The van der Waals surface area contributed by atoms with E-state index in [1.807, 2.05) is 65.4 Å². The zero-order chi connectivity index (χ0) is 45.4. The van der Waals surface area contributed by atoms with Crippen LogP contribution in [-0.4, -0.2) is 224 Å². The number of carboxylic acids is 3. The van der Waals surface area contributed by atoms with Gasteiger partial charge in [0.05, 0.1) is 46.1 Å². The van der Waals surface area contributed by atoms with Gasteiger partial charge in [0, 0.05) is 63.2 Å². The Balaban J connectivity index is -0.0000000207. The molecule has 79 heavy (non-hydrogen) atoms. The zero-order valence-electron chi connectivity index (χ0n) is 35.3. The SMILES string of the molecule is C.C.C.C.C.C.C.C.C.C.C.C.C.C.C.C.C.C.C.C.C.C.CCN1CCN(C)CCN(CC(=O)C(C)(C)C)CCN(CC(=O)O)CC1.CN(C)CN(CC(=O)C(C)(C)C)CN(CC(=O)O)CC(=O)O.O=C=O.O=C=O.O=C=O. The summed E-state index contributed by atoms with van der Waals surface area (Å²) >= 11 is 0. The van der Waals surface area contributed by atoms with Crippen LogP contribution >= 0.6 is 0 Å². The van der Waals surface area contributed by atoms with Gasteiger partial charge in [0.25, 0.3) is 0 Å². The smallest absolute Gasteiger partial charge is 0.373 e. The minimum absolute atomic E-state index is 0. The summed E-state index contributed by atoms with van der Waals surface area (Å²) in [5.41, 5.74) is -0.854. The van der Waals surface area contributed by atoms with Gasteiger partial charge in [-0.2, -0.15) is 28.8 Å². The molecule has 1 heterocycles. The minimum atomic E-state index is -1.10. The normalized spacial score (nSPS) is 10.6. The monoisotopic (exact) mass is 1170 g/mol. The maximum Gasteiger partial charge on any atom is 0.373 e. The average molecular weight is 1170 g/mol. The number of hydrogen-bond donors (Lipinski definition) is 3. The maximum absolute atomic E-state index is 12.5. The molecule has 0 amide bonds. The summed E-state index contributed by atoms with van der Waals surface area (Å²) < 4.78 is 0. The van der Waals surface area contributed by atoms with Crippen LogP contribution in [0.2, 0.25) is 0 Å². The Labute approximate surface area is 497 Å². The molecule has 0 bridgehead atoms. The molecular weight excluding hydrogens is 1020 g/mol. The summed E-state index contributed by atoms with van der Waals surface area (Å²) in [5.74, 6) is -2.76. The molecule has 0 unspecified atom stereocenters. The Morgan fingerprint density at radius 1 is 0.392 bits per heavy atom. The predicted molar refractivity (Wildman–Crippen MR) is 349 cm³/mol. The highest BCUT2D eigenvalue weighted by atomic mass is 16.4. The van der Waals surface area contributed by atoms with Gasteiger partial charge in [-0.05, 0) is 27.7 Å². The van der Waals surface area contributed by atoms with E-state index in [0.29, 0.717) is 19.8 Å². The lowest BCUT2D eigenvalue weighted by atomic mass is 9.90. The molecule has 21 heteroatoms. The molecule has 0 aromatic carbocycles. The highest BCUT2D eigenvalue weighted by Crippen LogP contribution is 2.16. The van der Waals surface area contributed by atoms with E-state index in [1.54, 1.807) is 4.90 Å². The average Bonchev–Trinajstić information content (AvgIpc) is 3.04. The van der Waals surface area contributed by atoms with Crippen molar-refractivity contribution in [3.8, 4) is 0 Å². The van der Waals surface area contributed by atoms with Crippen LogP contribution in [0.4, 0.5) is 0 Å². The van der Waals surface area contributed by atoms with E-state index < -0.39 is 23.3 Å². The fourth-order valence-electron chi connectivity index (χ4n) is 4.71. The molecule has 0 aromatic rings. The van der Waals surface area contributed by atoms with Crippen LogP contribution in [0.3, 0.4) is 0 Å². The van der Waals surface area contributed by atoms with Crippen LogP contribution in [0.15, 0.2) is 0 Å². The first kappa shape index (κ1) is 171. The number of nitrogens with zero attached hydrogens (tertiary/aromatic N) is 7. The van der Waals surface area contributed by atoms with Crippen LogP contribution in [-0.2, 0) is 52.7 Å². The molecule has 1 saturated heterocycles. The molecule has 0 aliphatic carbocycles. The third kappa shape index (κ3) is 114. The molecule has 1 aliphatic heterocycles. The molecule has 0 radical (unpaired) electrons. The Morgan fingerprint density at radius 3 is 0.886 bits per heavy atom. The van der Waals surface area contributed by atoms with Crippen molar-refractivity contribution >= 4 is 47.9 Å². The summed E-state index contributed by atoms with van der Waals surface area (Å²) in [5, 5.41) is 26.9. The van der Waals surface area contributed by atoms with Crippen LogP contribution in [0, 0.1) is 10.8 Å². The number of ketones is 2. The van der Waals surface area contributed by atoms with Crippen molar-refractivity contribution in [2.75, 3.05) is 126 Å². The highest BCUT2D eigenvalue weighted by molar-refractivity contribution is 5.86. The first-order chi connectivity index (χ1) is 26.3. The standard InChI is InChI=1S/C19H38N4O3.C14H27N3O5.3CO2.22CH4/c1-6-21-9-7-20(5)8-10-22(15-17(24)19(2,3)4)13-14-23(12-11-21)16-18(25)26;1-14(2,3)11(18)6-17(9-15(4)5)10-16(7-12(19)20)8-13(21)22;3*2-1-3;;;;;;;;;;;;;;;;;;;;;;/h6-16H2,1-5H3,(H,25,26);6-10H2,1-5H3,(H,19,20)(H,21,22);;;;22*1H4. The van der Waals surface area contributed by atoms with Crippen molar-refractivity contribution in [1.29, 1.82) is 0 Å². The lowest BCUT2D eigenvalue weighted by Crippen LogP contribution is -2.48. The van der Waals surface area contributed by atoms with Crippen LogP contribution in [0.1, 0.15) is 212 Å². The second-order valence-corrected chi connectivity index (χ2v) is 15.2. The molecule has 1 fully saturated rings. The summed E-state index contributed by atoms with van der Waals surface area (Å²) in [6.45, 7) is 21.5. The summed E-state index contributed by atoms with van der Waals surface area (Å²) in [4.78, 5) is 120. The predicted octanol–water partition coefficient (Wildman–Crippen LogP) is 12.7. The number of hydrogen-bond acceptors (Lipinski definition) is 18. The van der Waals surface area contributed by atoms with E-state index >= 15 is 0 Å². The molecule has 3 N–H and O–H groups in total. The van der Waals surface area contributed by atoms with E-state index in [-0.39, 0.29) is 232 Å². The highest BCUT2D eigenvalue weighted by Gasteiger charge is 2.26. The molecule has 21 nitrogen and oxygen atoms in total. The van der Waals surface area contributed by atoms with Crippen molar-refractivity contribution in [1.82, 2.24) is 34.3 Å². The fourth-order valence-corrected chi connectivity index (χ4v) is 4.71. The van der Waals surface area contributed by atoms with Gasteiger partial charge < -0.3 is 25.1 Å². The second kappa shape index (κ2) is 99.0. The number of carbonyl (C=O) groups is 5. The molecule has 0 saturated carbocycles. The van der Waals surface area contributed by atoms with Crippen molar-refractivity contribution in [3.63, 3.8) is 0 Å². The fraction of sp³-hybridized carbons (Fsp3) is 0.862. The van der Waals surface area contributed by atoms with Gasteiger partial charge in [-0.15, -0.1) is 0 Å². The van der Waals surface area contributed by atoms with Crippen molar-refractivity contribution in [3.05, 3.63) is 0 Å². The summed E-state index contributed by atoms with van der Waals surface area (Å²) in [6.07, 6.45) is 0.750. The molecule has 1 rings (SSSR count). The van der Waals surface area contributed by atoms with Crippen molar-refractivity contribution < 1.29 is 68.1 Å². The van der Waals surface area contributed by atoms with Crippen LogP contribution in [0.5, 0.6) is 0 Å².